The van der Waals surface area contributed by atoms with Crippen molar-refractivity contribution >= 4 is 12.1 Å². The lowest BCUT2D eigenvalue weighted by molar-refractivity contribution is 0.0123. The minimum atomic E-state index is -1.37. The molecule has 0 fully saturated rings. The number of esters is 1. The standard InChI is InChI=1S/C26H26N2O6/c1-33-25(31)20-10-12-27-14-21(20)24(30)23(29)11-13-28-26(32)34-15-22-18-8-4-2-6-16(18)17-7-3-5-9-19(17)22/h2-10,12,14,22-24,29-30H,11,13,15H2,1H3,(H,28,32). The van der Waals surface area contributed by atoms with Gasteiger partial charge < -0.3 is 25.0 Å². The van der Waals surface area contributed by atoms with Crippen LogP contribution in [0.15, 0.2) is 67.0 Å². The number of nitrogens with one attached hydrogen (secondary N) is 1. The lowest BCUT2D eigenvalue weighted by atomic mass is 9.98. The highest BCUT2D eigenvalue weighted by molar-refractivity contribution is 5.91. The number of pyridine rings is 1. The molecule has 1 aliphatic rings. The third-order valence-corrected chi connectivity index (χ3v) is 5.99. The van der Waals surface area contributed by atoms with Crippen LogP contribution < -0.4 is 5.32 Å². The van der Waals surface area contributed by atoms with Crippen LogP contribution in [0.25, 0.3) is 11.1 Å². The number of hydrogen-bond acceptors (Lipinski definition) is 7. The van der Waals surface area contributed by atoms with E-state index in [1.165, 1.54) is 25.6 Å². The van der Waals surface area contributed by atoms with E-state index in [0.717, 1.165) is 22.3 Å². The fourth-order valence-electron chi connectivity index (χ4n) is 4.27. The number of hydrogen-bond donors (Lipinski definition) is 3. The molecule has 0 bridgehead atoms. The molecule has 1 aromatic heterocycles. The Morgan fingerprint density at radius 1 is 1.03 bits per heavy atom. The molecule has 2 aromatic carbocycles. The van der Waals surface area contributed by atoms with Crippen molar-refractivity contribution in [2.24, 2.45) is 0 Å². The van der Waals surface area contributed by atoms with Crippen LogP contribution in [0.5, 0.6) is 0 Å². The first kappa shape index (κ1) is 23.4. The predicted molar refractivity (Wildman–Crippen MR) is 124 cm³/mol. The molecular weight excluding hydrogens is 436 g/mol. The van der Waals surface area contributed by atoms with Crippen LogP contribution in [0.4, 0.5) is 4.79 Å². The number of nitrogens with zero attached hydrogens (tertiary/aromatic N) is 1. The van der Waals surface area contributed by atoms with Crippen LogP contribution >= 0.6 is 0 Å². The first-order valence-corrected chi connectivity index (χ1v) is 11.0. The molecule has 0 saturated heterocycles. The van der Waals surface area contributed by atoms with E-state index in [9.17, 15) is 19.8 Å². The average Bonchev–Trinajstić information content (AvgIpc) is 3.20. The number of rotatable bonds is 8. The van der Waals surface area contributed by atoms with E-state index in [1.807, 2.05) is 36.4 Å². The lowest BCUT2D eigenvalue weighted by Crippen LogP contribution is -2.31. The second-order valence-electron chi connectivity index (χ2n) is 8.01. The summed E-state index contributed by atoms with van der Waals surface area (Å²) >= 11 is 0. The summed E-state index contributed by atoms with van der Waals surface area (Å²) in [6.07, 6.45) is -0.471. The van der Waals surface area contributed by atoms with Crippen LogP contribution in [-0.2, 0) is 9.47 Å². The number of aliphatic hydroxyl groups excluding tert-OH is 2. The molecule has 8 heteroatoms. The van der Waals surface area contributed by atoms with E-state index in [2.05, 4.69) is 22.4 Å². The summed E-state index contributed by atoms with van der Waals surface area (Å²) in [6.45, 7) is 0.256. The van der Waals surface area contributed by atoms with E-state index >= 15 is 0 Å². The Hall–Kier alpha value is -3.75. The number of carbonyl (C=O) groups excluding carboxylic acids is 2. The van der Waals surface area contributed by atoms with Gasteiger partial charge in [-0.25, -0.2) is 9.59 Å². The second-order valence-corrected chi connectivity index (χ2v) is 8.01. The predicted octanol–water partition coefficient (Wildman–Crippen LogP) is 3.19. The van der Waals surface area contributed by atoms with Crippen molar-refractivity contribution in [1.29, 1.82) is 0 Å². The summed E-state index contributed by atoms with van der Waals surface area (Å²) in [6, 6.07) is 17.5. The van der Waals surface area contributed by atoms with Crippen LogP contribution in [0, 0.1) is 0 Å². The average molecular weight is 463 g/mol. The second kappa shape index (κ2) is 10.5. The van der Waals surface area contributed by atoms with E-state index in [1.54, 1.807) is 0 Å². The number of aliphatic hydroxyl groups is 2. The van der Waals surface area contributed by atoms with Crippen LogP contribution in [0.2, 0.25) is 0 Å². The molecule has 1 heterocycles. The molecule has 2 unspecified atom stereocenters. The first-order chi connectivity index (χ1) is 16.5. The van der Waals surface area contributed by atoms with Gasteiger partial charge in [0.25, 0.3) is 0 Å². The Bertz CT molecular complexity index is 1140. The van der Waals surface area contributed by atoms with Gasteiger partial charge in [-0.15, -0.1) is 0 Å². The van der Waals surface area contributed by atoms with Crippen molar-refractivity contribution in [3.8, 4) is 11.1 Å². The van der Waals surface area contributed by atoms with Gasteiger partial charge in [-0.05, 0) is 34.7 Å². The summed E-state index contributed by atoms with van der Waals surface area (Å²) in [4.78, 5) is 28.1. The van der Waals surface area contributed by atoms with Crippen molar-refractivity contribution in [1.82, 2.24) is 10.3 Å². The lowest BCUT2D eigenvalue weighted by Gasteiger charge is -2.20. The molecule has 176 valence electrons. The maximum atomic E-state index is 12.3. The molecule has 1 aliphatic carbocycles. The minimum absolute atomic E-state index is 0.0425. The molecule has 0 spiro atoms. The maximum Gasteiger partial charge on any atom is 0.407 e. The number of methoxy groups -OCH3 is 1. The summed E-state index contributed by atoms with van der Waals surface area (Å²) in [5.74, 6) is -0.687. The largest absolute Gasteiger partial charge is 0.465 e. The number of aromatic nitrogens is 1. The van der Waals surface area contributed by atoms with E-state index < -0.39 is 24.3 Å². The minimum Gasteiger partial charge on any atom is -0.465 e. The van der Waals surface area contributed by atoms with E-state index in [0.29, 0.717) is 0 Å². The van der Waals surface area contributed by atoms with Gasteiger partial charge in [0.2, 0.25) is 0 Å². The summed E-state index contributed by atoms with van der Waals surface area (Å²) in [5, 5.41) is 23.4. The molecule has 1 amide bonds. The van der Waals surface area contributed by atoms with Crippen molar-refractivity contribution < 1.29 is 29.3 Å². The zero-order valence-corrected chi connectivity index (χ0v) is 18.7. The normalized spacial score (nSPS) is 14.0. The van der Waals surface area contributed by atoms with Gasteiger partial charge in [0, 0.05) is 30.4 Å². The van der Waals surface area contributed by atoms with Gasteiger partial charge in [-0.2, -0.15) is 0 Å². The molecular formula is C26H26N2O6. The Labute approximate surface area is 197 Å². The van der Waals surface area contributed by atoms with Gasteiger partial charge in [0.1, 0.15) is 12.7 Å². The Morgan fingerprint density at radius 3 is 2.32 bits per heavy atom. The monoisotopic (exact) mass is 462 g/mol. The quantitative estimate of drug-likeness (QED) is 0.440. The van der Waals surface area contributed by atoms with E-state index in [4.69, 9.17) is 9.47 Å². The number of amides is 1. The molecule has 34 heavy (non-hydrogen) atoms. The third-order valence-electron chi connectivity index (χ3n) is 5.99. The highest BCUT2D eigenvalue weighted by Crippen LogP contribution is 2.44. The number of fused-ring (bicyclic) bond motifs is 3. The zero-order chi connectivity index (χ0) is 24.1. The summed E-state index contributed by atoms with van der Waals surface area (Å²) in [7, 11) is 1.23. The highest BCUT2D eigenvalue weighted by Gasteiger charge is 2.29. The molecule has 0 radical (unpaired) electrons. The third kappa shape index (κ3) is 4.78. The van der Waals surface area contributed by atoms with E-state index in [-0.39, 0.29) is 36.6 Å². The number of ether oxygens (including phenoxy) is 2. The fraction of sp³-hybridized carbons (Fsp3) is 0.269. The maximum absolute atomic E-state index is 12.3. The molecule has 2 atom stereocenters. The van der Waals surface area contributed by atoms with Crippen LogP contribution in [-0.4, -0.2) is 53.6 Å². The van der Waals surface area contributed by atoms with Crippen molar-refractivity contribution in [2.45, 2.75) is 24.5 Å². The molecule has 8 nitrogen and oxygen atoms in total. The number of alkyl carbamates (subject to hydrolysis) is 1. The van der Waals surface area contributed by atoms with Crippen LogP contribution in [0.3, 0.4) is 0 Å². The molecule has 3 N–H and O–H groups in total. The Balaban J connectivity index is 1.30. The smallest absolute Gasteiger partial charge is 0.407 e. The van der Waals surface area contributed by atoms with Crippen molar-refractivity contribution in [3.63, 3.8) is 0 Å². The topological polar surface area (TPSA) is 118 Å². The Kier molecular flexibility index (Phi) is 7.20. The molecule has 3 aromatic rings. The molecule has 4 rings (SSSR count). The Morgan fingerprint density at radius 2 is 1.68 bits per heavy atom. The van der Waals surface area contributed by atoms with Crippen molar-refractivity contribution in [2.75, 3.05) is 20.3 Å². The SMILES string of the molecule is COC(=O)c1ccncc1C(O)C(O)CCNC(=O)OCC1c2ccccc2-c2ccccc21. The summed E-state index contributed by atoms with van der Waals surface area (Å²) in [5.41, 5.74) is 4.80. The summed E-state index contributed by atoms with van der Waals surface area (Å²) < 4.78 is 10.2. The van der Waals surface area contributed by atoms with Gasteiger partial charge in [-0.1, -0.05) is 48.5 Å². The van der Waals surface area contributed by atoms with Crippen molar-refractivity contribution in [3.05, 3.63) is 89.2 Å². The zero-order valence-electron chi connectivity index (χ0n) is 18.7. The number of benzene rings is 2. The van der Waals surface area contributed by atoms with Crippen LogP contribution in [0.1, 0.15) is 45.5 Å². The molecule has 0 aliphatic heterocycles. The van der Waals surface area contributed by atoms with Gasteiger partial charge in [0.05, 0.1) is 18.8 Å². The van der Waals surface area contributed by atoms with Gasteiger partial charge in [-0.3, -0.25) is 4.98 Å². The molecule has 0 saturated carbocycles. The van der Waals surface area contributed by atoms with Gasteiger partial charge in [0.15, 0.2) is 0 Å². The van der Waals surface area contributed by atoms with Gasteiger partial charge >= 0.3 is 12.1 Å². The fourth-order valence-corrected chi connectivity index (χ4v) is 4.27. The first-order valence-electron chi connectivity index (χ1n) is 11.0. The highest BCUT2D eigenvalue weighted by atomic mass is 16.5. The number of carbonyl (C=O) groups is 2.